The molecule has 2 aromatic carbocycles. The van der Waals surface area contributed by atoms with Crippen LogP contribution in [0.15, 0.2) is 48.5 Å². The Kier molecular flexibility index (Phi) is 5.12. The van der Waals surface area contributed by atoms with Gasteiger partial charge < -0.3 is 10.6 Å². The molecule has 0 radical (unpaired) electrons. The fraction of sp³-hybridized carbons (Fsp3) is 0.278. The number of carbonyl (C=O) groups excluding carboxylic acids is 1. The number of amides is 1. The Labute approximate surface area is 126 Å². The van der Waals surface area contributed by atoms with Gasteiger partial charge in [0.15, 0.2) is 0 Å². The zero-order valence-corrected chi connectivity index (χ0v) is 12.7. The van der Waals surface area contributed by atoms with Crippen LogP contribution < -0.4 is 10.6 Å². The predicted octanol–water partition coefficient (Wildman–Crippen LogP) is 3.05. The predicted molar refractivity (Wildman–Crippen MR) is 87.2 cm³/mol. The average molecular weight is 282 g/mol. The first kappa shape index (κ1) is 15.3. The number of hydrogen-bond donors (Lipinski definition) is 1. The topological polar surface area (TPSA) is 46.3 Å². The molecule has 0 aliphatic carbocycles. The normalized spacial score (nSPS) is 10.4. The molecule has 0 bridgehead atoms. The van der Waals surface area contributed by atoms with Crippen LogP contribution in [0.1, 0.15) is 23.1 Å². The highest BCUT2D eigenvalue weighted by atomic mass is 16.2. The molecule has 1 amide bonds. The monoisotopic (exact) mass is 282 g/mol. The van der Waals surface area contributed by atoms with E-state index in [1.54, 1.807) is 4.90 Å². The van der Waals surface area contributed by atoms with Gasteiger partial charge in [0.05, 0.1) is 0 Å². The summed E-state index contributed by atoms with van der Waals surface area (Å²) in [7, 11) is 1.81. The molecule has 2 rings (SSSR count). The van der Waals surface area contributed by atoms with Gasteiger partial charge in [0.25, 0.3) is 0 Å². The molecule has 0 saturated heterocycles. The molecule has 0 saturated carbocycles. The van der Waals surface area contributed by atoms with Gasteiger partial charge in [0, 0.05) is 25.7 Å². The lowest BCUT2D eigenvalue weighted by atomic mass is 10.1. The lowest BCUT2D eigenvalue weighted by Crippen LogP contribution is -2.26. The molecule has 3 nitrogen and oxygen atoms in total. The number of nitrogens with zero attached hydrogens (tertiary/aromatic N) is 1. The summed E-state index contributed by atoms with van der Waals surface area (Å²) in [5.74, 6) is 0.116. The highest BCUT2D eigenvalue weighted by Gasteiger charge is 2.11. The van der Waals surface area contributed by atoms with Crippen molar-refractivity contribution in [3.63, 3.8) is 0 Å². The second-order valence-electron chi connectivity index (χ2n) is 5.31. The molecule has 3 heteroatoms. The van der Waals surface area contributed by atoms with Gasteiger partial charge in [-0.2, -0.15) is 0 Å². The Morgan fingerprint density at radius 2 is 1.81 bits per heavy atom. The summed E-state index contributed by atoms with van der Waals surface area (Å²) in [6.45, 7) is 2.55. The molecule has 0 heterocycles. The maximum Gasteiger partial charge on any atom is 0.227 e. The van der Waals surface area contributed by atoms with E-state index in [1.165, 1.54) is 11.1 Å². The number of anilines is 1. The highest BCUT2D eigenvalue weighted by molar-refractivity contribution is 5.92. The standard InChI is InChI=1S/C18H22N2O/c1-14-6-8-15(9-7-14)10-11-18(21)20(2)17-5-3-4-16(12-17)13-19/h3-9,12H,10-11,13,19H2,1-2H3. The minimum Gasteiger partial charge on any atom is -0.326 e. The van der Waals surface area contributed by atoms with Crippen molar-refractivity contribution >= 4 is 11.6 Å². The summed E-state index contributed by atoms with van der Waals surface area (Å²) < 4.78 is 0. The highest BCUT2D eigenvalue weighted by Crippen LogP contribution is 2.16. The Morgan fingerprint density at radius 3 is 2.48 bits per heavy atom. The SMILES string of the molecule is Cc1ccc(CCC(=O)N(C)c2cccc(CN)c2)cc1. The van der Waals surface area contributed by atoms with Crippen LogP contribution >= 0.6 is 0 Å². The third kappa shape index (κ3) is 4.17. The van der Waals surface area contributed by atoms with Gasteiger partial charge in [-0.05, 0) is 36.6 Å². The molecule has 0 unspecified atom stereocenters. The largest absolute Gasteiger partial charge is 0.326 e. The van der Waals surface area contributed by atoms with Crippen LogP contribution in [0.5, 0.6) is 0 Å². The van der Waals surface area contributed by atoms with Gasteiger partial charge in [-0.1, -0.05) is 42.0 Å². The lowest BCUT2D eigenvalue weighted by Gasteiger charge is -2.18. The molecule has 0 aromatic heterocycles. The van der Waals surface area contributed by atoms with E-state index < -0.39 is 0 Å². The fourth-order valence-corrected chi connectivity index (χ4v) is 2.21. The van der Waals surface area contributed by atoms with Gasteiger partial charge in [0.1, 0.15) is 0 Å². The van der Waals surface area contributed by atoms with Gasteiger partial charge >= 0.3 is 0 Å². The summed E-state index contributed by atoms with van der Waals surface area (Å²) in [6, 6.07) is 16.1. The first-order valence-corrected chi connectivity index (χ1v) is 7.21. The third-order valence-electron chi connectivity index (χ3n) is 3.66. The van der Waals surface area contributed by atoms with Crippen molar-refractivity contribution in [2.45, 2.75) is 26.3 Å². The Bertz CT molecular complexity index is 605. The number of nitrogens with two attached hydrogens (primary N) is 1. The van der Waals surface area contributed by atoms with Crippen LogP contribution in [0, 0.1) is 6.92 Å². The maximum atomic E-state index is 12.3. The van der Waals surface area contributed by atoms with Crippen LogP contribution in [0.2, 0.25) is 0 Å². The molecule has 0 atom stereocenters. The molecule has 0 aliphatic rings. The first-order chi connectivity index (χ1) is 10.1. The molecule has 110 valence electrons. The van der Waals surface area contributed by atoms with E-state index in [1.807, 2.05) is 31.3 Å². The van der Waals surface area contributed by atoms with Gasteiger partial charge in [-0.15, -0.1) is 0 Å². The van der Waals surface area contributed by atoms with Crippen molar-refractivity contribution in [3.8, 4) is 0 Å². The smallest absolute Gasteiger partial charge is 0.227 e. The van der Waals surface area contributed by atoms with Crippen LogP contribution in [-0.4, -0.2) is 13.0 Å². The maximum absolute atomic E-state index is 12.3. The van der Waals surface area contributed by atoms with Crippen molar-refractivity contribution in [2.75, 3.05) is 11.9 Å². The van der Waals surface area contributed by atoms with E-state index in [9.17, 15) is 4.79 Å². The molecule has 2 aromatic rings. The van der Waals surface area contributed by atoms with E-state index in [0.717, 1.165) is 17.7 Å². The molecule has 0 aliphatic heterocycles. The molecular formula is C18H22N2O. The van der Waals surface area contributed by atoms with Crippen molar-refractivity contribution < 1.29 is 4.79 Å². The van der Waals surface area contributed by atoms with E-state index >= 15 is 0 Å². The van der Waals surface area contributed by atoms with Crippen LogP contribution in [-0.2, 0) is 17.8 Å². The van der Waals surface area contributed by atoms with Crippen LogP contribution in [0.4, 0.5) is 5.69 Å². The van der Waals surface area contributed by atoms with Crippen LogP contribution in [0.25, 0.3) is 0 Å². The molecular weight excluding hydrogens is 260 g/mol. The number of benzene rings is 2. The quantitative estimate of drug-likeness (QED) is 0.916. The van der Waals surface area contributed by atoms with Gasteiger partial charge in [0.2, 0.25) is 5.91 Å². The first-order valence-electron chi connectivity index (χ1n) is 7.21. The van der Waals surface area contributed by atoms with Gasteiger partial charge in [-0.3, -0.25) is 4.79 Å². The number of hydrogen-bond acceptors (Lipinski definition) is 2. The summed E-state index contributed by atoms with van der Waals surface area (Å²) in [4.78, 5) is 14.0. The second-order valence-corrected chi connectivity index (χ2v) is 5.31. The average Bonchev–Trinajstić information content (AvgIpc) is 2.53. The summed E-state index contributed by atoms with van der Waals surface area (Å²) in [5, 5.41) is 0. The summed E-state index contributed by atoms with van der Waals surface area (Å²) in [5.41, 5.74) is 10.00. The van der Waals surface area contributed by atoms with E-state index in [4.69, 9.17) is 5.73 Å². The summed E-state index contributed by atoms with van der Waals surface area (Å²) in [6.07, 6.45) is 1.27. The Morgan fingerprint density at radius 1 is 1.10 bits per heavy atom. The van der Waals surface area contributed by atoms with Crippen molar-refractivity contribution in [1.29, 1.82) is 0 Å². The number of carbonyl (C=O) groups is 1. The molecule has 2 N–H and O–H groups in total. The number of rotatable bonds is 5. The zero-order chi connectivity index (χ0) is 15.2. The van der Waals surface area contributed by atoms with E-state index in [2.05, 4.69) is 31.2 Å². The van der Waals surface area contributed by atoms with Crippen molar-refractivity contribution in [1.82, 2.24) is 0 Å². The van der Waals surface area contributed by atoms with Crippen LogP contribution in [0.3, 0.4) is 0 Å². The van der Waals surface area contributed by atoms with Gasteiger partial charge in [-0.25, -0.2) is 0 Å². The lowest BCUT2D eigenvalue weighted by molar-refractivity contribution is -0.118. The molecule has 21 heavy (non-hydrogen) atoms. The minimum absolute atomic E-state index is 0.116. The fourth-order valence-electron chi connectivity index (χ4n) is 2.21. The Balaban J connectivity index is 1.97. The zero-order valence-electron chi connectivity index (χ0n) is 12.7. The van der Waals surface area contributed by atoms with Crippen molar-refractivity contribution in [3.05, 3.63) is 65.2 Å². The van der Waals surface area contributed by atoms with Crippen molar-refractivity contribution in [2.24, 2.45) is 5.73 Å². The second kappa shape index (κ2) is 7.04. The minimum atomic E-state index is 0.116. The molecule has 0 spiro atoms. The van der Waals surface area contributed by atoms with E-state index in [0.29, 0.717) is 13.0 Å². The molecule has 0 fully saturated rings. The van der Waals surface area contributed by atoms with E-state index in [-0.39, 0.29) is 5.91 Å². The number of aryl methyl sites for hydroxylation is 2. The summed E-state index contributed by atoms with van der Waals surface area (Å²) >= 11 is 0. The third-order valence-corrected chi connectivity index (χ3v) is 3.66. The Hall–Kier alpha value is -2.13.